The fraction of sp³-hybridized carbons (Fsp3) is 0.158. The molecule has 4 rings (SSSR count). The summed E-state index contributed by atoms with van der Waals surface area (Å²) >= 11 is 7.54. The summed E-state index contributed by atoms with van der Waals surface area (Å²) < 4.78 is 1.86. The monoisotopic (exact) mass is 398 g/mol. The van der Waals surface area contributed by atoms with Gasteiger partial charge in [-0.2, -0.15) is 0 Å². The van der Waals surface area contributed by atoms with E-state index in [9.17, 15) is 9.59 Å². The topological polar surface area (TPSA) is 76.9 Å². The van der Waals surface area contributed by atoms with E-state index in [4.69, 9.17) is 11.6 Å². The van der Waals surface area contributed by atoms with Crippen molar-refractivity contribution >= 4 is 40.7 Å². The van der Waals surface area contributed by atoms with Crippen LogP contribution in [0.5, 0.6) is 0 Å². The standard InChI is InChI=1S/C19H15ClN4O2S/c1-24-18(11-5-3-2-4-6-11)22-23-19(24)27-10-16(25)13-7-12-8-17(26)21-15(12)9-14(13)20/h2-7,9H,8,10H2,1H3,(H,21,26). The molecule has 136 valence electrons. The lowest BCUT2D eigenvalue weighted by Gasteiger charge is -2.07. The Balaban J connectivity index is 1.50. The molecule has 0 saturated heterocycles. The highest BCUT2D eigenvalue weighted by Crippen LogP contribution is 2.31. The lowest BCUT2D eigenvalue weighted by atomic mass is 10.1. The molecule has 1 aromatic heterocycles. The molecule has 0 radical (unpaired) electrons. The largest absolute Gasteiger partial charge is 0.325 e. The van der Waals surface area contributed by atoms with Gasteiger partial charge in [-0.15, -0.1) is 10.2 Å². The third kappa shape index (κ3) is 3.48. The second-order valence-corrected chi connectivity index (χ2v) is 7.51. The van der Waals surface area contributed by atoms with Crippen LogP contribution < -0.4 is 5.32 Å². The van der Waals surface area contributed by atoms with Crippen molar-refractivity contribution in [1.82, 2.24) is 14.8 Å². The number of anilines is 1. The average molecular weight is 399 g/mol. The first-order valence-electron chi connectivity index (χ1n) is 8.26. The molecule has 3 aromatic rings. The number of hydrogen-bond donors (Lipinski definition) is 1. The Bertz CT molecular complexity index is 1050. The van der Waals surface area contributed by atoms with Crippen LogP contribution in [0, 0.1) is 0 Å². The van der Waals surface area contributed by atoms with Gasteiger partial charge < -0.3 is 9.88 Å². The van der Waals surface area contributed by atoms with Crippen LogP contribution >= 0.6 is 23.4 Å². The number of hydrogen-bond acceptors (Lipinski definition) is 5. The van der Waals surface area contributed by atoms with Crippen molar-refractivity contribution in [1.29, 1.82) is 0 Å². The van der Waals surface area contributed by atoms with Gasteiger partial charge in [0.2, 0.25) is 5.91 Å². The quantitative estimate of drug-likeness (QED) is 0.524. The number of rotatable bonds is 5. The molecule has 0 spiro atoms. The Labute approximate surface area is 164 Å². The minimum absolute atomic E-state index is 0.0902. The molecule has 8 heteroatoms. The van der Waals surface area contributed by atoms with Gasteiger partial charge in [-0.1, -0.05) is 53.7 Å². The van der Waals surface area contributed by atoms with E-state index in [2.05, 4.69) is 15.5 Å². The van der Waals surface area contributed by atoms with Gasteiger partial charge in [0, 0.05) is 23.9 Å². The number of Topliss-reactive ketones (excluding diaryl/α,β-unsaturated/α-hetero) is 1. The number of carbonyl (C=O) groups is 2. The summed E-state index contributed by atoms with van der Waals surface area (Å²) in [7, 11) is 1.87. The zero-order valence-corrected chi connectivity index (χ0v) is 16.0. The normalized spacial score (nSPS) is 12.7. The zero-order chi connectivity index (χ0) is 19.0. The fourth-order valence-corrected chi connectivity index (χ4v) is 4.01. The molecule has 0 atom stereocenters. The Kier molecular flexibility index (Phi) is 4.72. The van der Waals surface area contributed by atoms with E-state index in [0.717, 1.165) is 17.0 Å². The summed E-state index contributed by atoms with van der Waals surface area (Å²) in [5, 5.41) is 12.1. The van der Waals surface area contributed by atoms with Crippen LogP contribution in [0.3, 0.4) is 0 Å². The van der Waals surface area contributed by atoms with E-state index in [0.29, 0.717) is 21.4 Å². The van der Waals surface area contributed by atoms with Gasteiger partial charge in [-0.25, -0.2) is 0 Å². The summed E-state index contributed by atoms with van der Waals surface area (Å²) in [4.78, 5) is 24.1. The van der Waals surface area contributed by atoms with Crippen molar-refractivity contribution in [2.75, 3.05) is 11.1 Å². The molecular formula is C19H15ClN4O2S. The van der Waals surface area contributed by atoms with Crippen molar-refractivity contribution in [3.8, 4) is 11.4 Å². The van der Waals surface area contributed by atoms with E-state index in [1.165, 1.54) is 11.8 Å². The van der Waals surface area contributed by atoms with Gasteiger partial charge in [0.1, 0.15) is 0 Å². The van der Waals surface area contributed by atoms with E-state index >= 15 is 0 Å². The van der Waals surface area contributed by atoms with Crippen LogP contribution in [0.15, 0.2) is 47.6 Å². The maximum Gasteiger partial charge on any atom is 0.228 e. The Morgan fingerprint density at radius 1 is 1.26 bits per heavy atom. The van der Waals surface area contributed by atoms with Crippen LogP contribution in [0.2, 0.25) is 5.02 Å². The highest BCUT2D eigenvalue weighted by molar-refractivity contribution is 7.99. The molecule has 1 aliphatic heterocycles. The molecule has 2 heterocycles. The highest BCUT2D eigenvalue weighted by Gasteiger charge is 2.22. The van der Waals surface area contributed by atoms with Gasteiger partial charge in [0.15, 0.2) is 16.8 Å². The second-order valence-electron chi connectivity index (χ2n) is 6.16. The van der Waals surface area contributed by atoms with Crippen LogP contribution in [0.4, 0.5) is 5.69 Å². The van der Waals surface area contributed by atoms with E-state index in [-0.39, 0.29) is 23.9 Å². The molecule has 0 saturated carbocycles. The number of nitrogens with zero attached hydrogens (tertiary/aromatic N) is 3. The third-order valence-electron chi connectivity index (χ3n) is 4.32. The Hall–Kier alpha value is -2.64. The molecule has 0 aliphatic carbocycles. The zero-order valence-electron chi connectivity index (χ0n) is 14.4. The molecular weight excluding hydrogens is 384 g/mol. The van der Waals surface area contributed by atoms with E-state index in [1.807, 2.05) is 41.9 Å². The number of benzene rings is 2. The number of halogens is 1. The fourth-order valence-electron chi connectivity index (χ4n) is 2.95. The molecule has 27 heavy (non-hydrogen) atoms. The summed E-state index contributed by atoms with van der Waals surface area (Å²) in [6, 6.07) is 13.1. The van der Waals surface area contributed by atoms with Crippen molar-refractivity contribution in [3.63, 3.8) is 0 Å². The molecule has 1 aliphatic rings. The number of amides is 1. The van der Waals surface area contributed by atoms with Crippen molar-refractivity contribution < 1.29 is 9.59 Å². The van der Waals surface area contributed by atoms with Gasteiger partial charge in [0.25, 0.3) is 0 Å². The highest BCUT2D eigenvalue weighted by atomic mass is 35.5. The Morgan fingerprint density at radius 2 is 2.04 bits per heavy atom. The van der Waals surface area contributed by atoms with E-state index in [1.54, 1.807) is 12.1 Å². The van der Waals surface area contributed by atoms with Crippen LogP contribution in [0.1, 0.15) is 15.9 Å². The number of aromatic nitrogens is 3. The number of fused-ring (bicyclic) bond motifs is 1. The lowest BCUT2D eigenvalue weighted by Crippen LogP contribution is -2.05. The Morgan fingerprint density at radius 3 is 2.81 bits per heavy atom. The SMILES string of the molecule is Cn1c(SCC(=O)c2cc3c(cc2Cl)NC(=O)C3)nnc1-c1ccccc1. The predicted octanol–water partition coefficient (Wildman–Crippen LogP) is 3.61. The summed E-state index contributed by atoms with van der Waals surface area (Å²) in [5.74, 6) is 0.718. The lowest BCUT2D eigenvalue weighted by molar-refractivity contribution is -0.115. The number of nitrogens with one attached hydrogen (secondary N) is 1. The molecule has 6 nitrogen and oxygen atoms in total. The maximum absolute atomic E-state index is 12.6. The van der Waals surface area contributed by atoms with Gasteiger partial charge in [0.05, 0.1) is 17.2 Å². The predicted molar refractivity (Wildman–Crippen MR) is 105 cm³/mol. The minimum atomic E-state index is -0.114. The van der Waals surface area contributed by atoms with Crippen molar-refractivity contribution in [2.45, 2.75) is 11.6 Å². The average Bonchev–Trinajstić information content (AvgIpc) is 3.21. The molecule has 2 aromatic carbocycles. The molecule has 0 unspecified atom stereocenters. The summed E-state index contributed by atoms with van der Waals surface area (Å²) in [6.07, 6.45) is 0.268. The van der Waals surface area contributed by atoms with Crippen LogP contribution in [-0.4, -0.2) is 32.2 Å². The maximum atomic E-state index is 12.6. The first kappa shape index (κ1) is 17.8. The van der Waals surface area contributed by atoms with E-state index < -0.39 is 0 Å². The number of ketones is 1. The number of thioether (sulfide) groups is 1. The molecule has 1 amide bonds. The summed E-state index contributed by atoms with van der Waals surface area (Å²) in [6.45, 7) is 0. The smallest absolute Gasteiger partial charge is 0.228 e. The van der Waals surface area contributed by atoms with Crippen molar-refractivity contribution in [2.24, 2.45) is 7.05 Å². The van der Waals surface area contributed by atoms with Gasteiger partial charge in [-0.3, -0.25) is 9.59 Å². The number of carbonyl (C=O) groups excluding carboxylic acids is 2. The first-order chi connectivity index (χ1) is 13.0. The van der Waals surface area contributed by atoms with Crippen molar-refractivity contribution in [3.05, 3.63) is 58.6 Å². The van der Waals surface area contributed by atoms with Gasteiger partial charge >= 0.3 is 0 Å². The molecule has 0 fully saturated rings. The third-order valence-corrected chi connectivity index (χ3v) is 5.65. The van der Waals surface area contributed by atoms with Gasteiger partial charge in [-0.05, 0) is 17.7 Å². The second kappa shape index (κ2) is 7.17. The molecule has 1 N–H and O–H groups in total. The van der Waals surface area contributed by atoms with Crippen LogP contribution in [0.25, 0.3) is 11.4 Å². The van der Waals surface area contributed by atoms with Crippen LogP contribution in [-0.2, 0) is 18.3 Å². The molecule has 0 bridgehead atoms. The first-order valence-corrected chi connectivity index (χ1v) is 9.62. The minimum Gasteiger partial charge on any atom is -0.325 e. The summed E-state index contributed by atoms with van der Waals surface area (Å²) in [5.41, 5.74) is 2.85.